The second-order valence-electron chi connectivity index (χ2n) is 9.62. The number of carbonyl (C=O) groups excluding carboxylic acids is 1. The Balaban J connectivity index is 1.47. The molecule has 6 N–H and O–H groups in total. The molecule has 0 spiro atoms. The summed E-state index contributed by atoms with van der Waals surface area (Å²) in [4.78, 5) is 17.0. The van der Waals surface area contributed by atoms with Crippen LogP contribution in [-0.4, -0.2) is 75.2 Å². The van der Waals surface area contributed by atoms with Crippen molar-refractivity contribution in [2.24, 2.45) is 5.73 Å². The van der Waals surface area contributed by atoms with Crippen molar-refractivity contribution in [3.8, 4) is 5.75 Å². The molecular weight excluding hydrogens is 466 g/mol. The summed E-state index contributed by atoms with van der Waals surface area (Å²) in [6.07, 6.45) is 6.06. The summed E-state index contributed by atoms with van der Waals surface area (Å²) >= 11 is 6.85. The Kier molecular flexibility index (Phi) is 7.12. The van der Waals surface area contributed by atoms with Crippen LogP contribution >= 0.6 is 11.6 Å². The number of anilines is 2. The number of nitrogens with zero attached hydrogens (tertiary/aromatic N) is 3. The number of benzene rings is 1. The van der Waals surface area contributed by atoms with Gasteiger partial charge >= 0.3 is 0 Å². The number of H-pyrrole nitrogens is 1. The molecule has 1 amide bonds. The average Bonchev–Trinajstić information content (AvgIpc) is 3.21. The lowest BCUT2D eigenvalue weighted by molar-refractivity contribution is 0.0819. The van der Waals surface area contributed by atoms with E-state index in [2.05, 4.69) is 50.7 Å². The minimum atomic E-state index is -0.605. The van der Waals surface area contributed by atoms with Crippen LogP contribution in [0.25, 0.3) is 0 Å². The number of phenols is 1. The number of alkyl halides is 1. The number of likely N-dealkylation sites (N-methyl/N-ethyl adjacent to an activating group) is 1. The molecule has 188 valence electrons. The third-order valence-electron chi connectivity index (χ3n) is 6.96. The van der Waals surface area contributed by atoms with Crippen molar-refractivity contribution in [3.63, 3.8) is 0 Å². The number of aromatic nitrogens is 2. The van der Waals surface area contributed by atoms with Gasteiger partial charge in [0.1, 0.15) is 17.1 Å². The van der Waals surface area contributed by atoms with Crippen molar-refractivity contribution >= 4 is 29.1 Å². The van der Waals surface area contributed by atoms with Crippen LogP contribution < -0.4 is 16.4 Å². The van der Waals surface area contributed by atoms with E-state index in [0.717, 1.165) is 48.6 Å². The quantitative estimate of drug-likeness (QED) is 0.371. The minimum Gasteiger partial charge on any atom is -0.507 e. The molecule has 1 aliphatic heterocycles. The first-order chi connectivity index (χ1) is 16.6. The first kappa shape index (κ1) is 25.1. The summed E-state index contributed by atoms with van der Waals surface area (Å²) in [6.45, 7) is 10.2. The van der Waals surface area contributed by atoms with Crippen molar-refractivity contribution in [2.45, 2.75) is 38.2 Å². The number of aryl methyl sites for hydroxylation is 2. The Morgan fingerprint density at radius 3 is 2.54 bits per heavy atom. The molecule has 2 aromatic rings. The summed E-state index contributed by atoms with van der Waals surface area (Å²) in [6, 6.07) is 3.78. The zero-order valence-electron chi connectivity index (χ0n) is 20.7. The van der Waals surface area contributed by atoms with E-state index in [4.69, 9.17) is 17.3 Å². The van der Waals surface area contributed by atoms with Gasteiger partial charge in [-0.05, 0) is 56.7 Å². The largest absolute Gasteiger partial charge is 0.507 e. The van der Waals surface area contributed by atoms with Crippen LogP contribution in [0.2, 0.25) is 0 Å². The van der Waals surface area contributed by atoms with Crippen molar-refractivity contribution in [1.29, 1.82) is 0 Å². The second kappa shape index (κ2) is 9.93. The molecule has 0 saturated carbocycles. The summed E-state index contributed by atoms with van der Waals surface area (Å²) in [5.41, 5.74) is 8.94. The molecular formula is C25H34ClN7O2. The number of nitrogens with two attached hydrogens (primary N) is 1. The van der Waals surface area contributed by atoms with Gasteiger partial charge in [-0.3, -0.25) is 14.8 Å². The highest BCUT2D eigenvalue weighted by atomic mass is 35.5. The van der Waals surface area contributed by atoms with Gasteiger partial charge in [0.25, 0.3) is 5.91 Å². The van der Waals surface area contributed by atoms with Crippen LogP contribution in [0.15, 0.2) is 36.1 Å². The van der Waals surface area contributed by atoms with Gasteiger partial charge < -0.3 is 26.4 Å². The lowest BCUT2D eigenvalue weighted by atomic mass is 9.89. The topological polar surface area (TPSA) is 123 Å². The number of hydrogen-bond acceptors (Lipinski definition) is 7. The van der Waals surface area contributed by atoms with E-state index in [0.29, 0.717) is 18.2 Å². The number of aromatic amines is 1. The average molecular weight is 500 g/mol. The highest BCUT2D eigenvalue weighted by Crippen LogP contribution is 2.33. The predicted octanol–water partition coefficient (Wildman–Crippen LogP) is 2.92. The highest BCUT2D eigenvalue weighted by Gasteiger charge is 2.38. The Morgan fingerprint density at radius 2 is 1.94 bits per heavy atom. The Bertz CT molecular complexity index is 1140. The number of piperazine rings is 1. The fourth-order valence-corrected chi connectivity index (χ4v) is 5.01. The van der Waals surface area contributed by atoms with Crippen LogP contribution in [0.5, 0.6) is 5.75 Å². The maximum atomic E-state index is 12.3. The number of allylic oxidation sites excluding steroid dienone is 1. The monoisotopic (exact) mass is 499 g/mol. The molecule has 1 saturated heterocycles. The van der Waals surface area contributed by atoms with Gasteiger partial charge in [-0.2, -0.15) is 5.10 Å². The highest BCUT2D eigenvalue weighted by molar-refractivity contribution is 6.23. The third kappa shape index (κ3) is 5.17. The molecule has 4 rings (SSSR count). The smallest absolute Gasteiger partial charge is 0.256 e. The van der Waals surface area contributed by atoms with Gasteiger partial charge in [0, 0.05) is 38.4 Å². The van der Waals surface area contributed by atoms with Gasteiger partial charge in [-0.25, -0.2) is 0 Å². The van der Waals surface area contributed by atoms with Crippen molar-refractivity contribution < 1.29 is 9.90 Å². The molecule has 2 heterocycles. The predicted molar refractivity (Wildman–Crippen MR) is 140 cm³/mol. The maximum absolute atomic E-state index is 12.3. The van der Waals surface area contributed by atoms with Crippen LogP contribution in [0.4, 0.5) is 11.6 Å². The van der Waals surface area contributed by atoms with E-state index in [1.54, 1.807) is 0 Å². The first-order valence-corrected chi connectivity index (χ1v) is 12.2. The number of rotatable bonds is 7. The zero-order valence-corrected chi connectivity index (χ0v) is 21.4. The normalized spacial score (nSPS) is 23.2. The second-order valence-corrected chi connectivity index (χ2v) is 10.1. The summed E-state index contributed by atoms with van der Waals surface area (Å²) < 4.78 is 0. The number of primary amides is 1. The number of amides is 1. The first-order valence-electron chi connectivity index (χ1n) is 11.8. The molecule has 2 atom stereocenters. The number of phenolic OH excluding ortho intramolecular Hbond substituents is 1. The molecule has 9 nitrogen and oxygen atoms in total. The maximum Gasteiger partial charge on any atom is 0.256 e. The van der Waals surface area contributed by atoms with Gasteiger partial charge in [0.05, 0.1) is 10.9 Å². The van der Waals surface area contributed by atoms with Crippen molar-refractivity contribution in [1.82, 2.24) is 20.0 Å². The number of halogens is 1. The standard InChI is InChI=1S/C25H34ClN7O2/c1-15-11-17(12-16(2)21(15)34)14-28-23-20(22(27)35)24(31-30-23)29-18-5-6-25(3,19(26)13-18)33-9-7-32(4)8-10-33/h5-6,11-13,19,34H,7-10,14H2,1-4H3,(H2,27,35)(H3,28,29,30,31). The number of nitrogens with one attached hydrogen (secondary N) is 3. The van der Waals surface area contributed by atoms with Crippen molar-refractivity contribution in [3.05, 3.63) is 58.3 Å². The van der Waals surface area contributed by atoms with E-state index in [9.17, 15) is 9.90 Å². The van der Waals surface area contributed by atoms with E-state index < -0.39 is 5.91 Å². The number of aromatic hydroxyl groups is 1. The third-order valence-corrected chi connectivity index (χ3v) is 7.53. The van der Waals surface area contributed by atoms with E-state index in [1.165, 1.54) is 0 Å². The van der Waals surface area contributed by atoms with Crippen LogP contribution in [0, 0.1) is 13.8 Å². The fraction of sp³-hybridized carbons (Fsp3) is 0.440. The van der Waals surface area contributed by atoms with Gasteiger partial charge in [0.2, 0.25) is 0 Å². The van der Waals surface area contributed by atoms with E-state index >= 15 is 0 Å². The molecule has 0 bridgehead atoms. The summed E-state index contributed by atoms with van der Waals surface area (Å²) in [5, 5.41) is 23.3. The fourth-order valence-electron chi connectivity index (χ4n) is 4.66. The molecule has 1 aliphatic carbocycles. The van der Waals surface area contributed by atoms with E-state index in [1.807, 2.05) is 38.1 Å². The summed E-state index contributed by atoms with van der Waals surface area (Å²) in [5.74, 6) is 0.439. The SMILES string of the molecule is Cc1cc(CNc2n[nH]c(NC3=CC(Cl)C(C)(N4CCN(C)CC4)C=C3)c2C(N)=O)cc(C)c1O. The Morgan fingerprint density at radius 1 is 1.29 bits per heavy atom. The van der Waals surface area contributed by atoms with Gasteiger partial charge in [-0.1, -0.05) is 18.2 Å². The lowest BCUT2D eigenvalue weighted by Gasteiger charge is -2.46. The molecule has 35 heavy (non-hydrogen) atoms. The molecule has 2 aliphatic rings. The molecule has 10 heteroatoms. The number of hydrogen-bond donors (Lipinski definition) is 5. The van der Waals surface area contributed by atoms with E-state index in [-0.39, 0.29) is 22.2 Å². The van der Waals surface area contributed by atoms with Crippen LogP contribution in [0.1, 0.15) is 34.0 Å². The van der Waals surface area contributed by atoms with Gasteiger partial charge in [-0.15, -0.1) is 11.6 Å². The molecule has 1 fully saturated rings. The van der Waals surface area contributed by atoms with Crippen LogP contribution in [0.3, 0.4) is 0 Å². The Labute approximate surface area is 211 Å². The zero-order chi connectivity index (χ0) is 25.3. The summed E-state index contributed by atoms with van der Waals surface area (Å²) in [7, 11) is 2.13. The van der Waals surface area contributed by atoms with Gasteiger partial charge in [0.15, 0.2) is 5.82 Å². The molecule has 2 unspecified atom stereocenters. The van der Waals surface area contributed by atoms with Crippen molar-refractivity contribution in [2.75, 3.05) is 43.9 Å². The lowest BCUT2D eigenvalue weighted by Crippen LogP contribution is -2.58. The minimum absolute atomic E-state index is 0.241. The number of carbonyl (C=O) groups is 1. The molecule has 0 radical (unpaired) electrons. The molecule has 1 aromatic carbocycles. The Hall–Kier alpha value is -3.01. The van der Waals surface area contributed by atoms with Crippen LogP contribution in [-0.2, 0) is 6.54 Å². The molecule has 1 aromatic heterocycles.